The Bertz CT molecular complexity index is 707. The van der Waals surface area contributed by atoms with Crippen molar-refractivity contribution in [2.24, 2.45) is 5.10 Å². The smallest absolute Gasteiger partial charge is 0.277 e. The van der Waals surface area contributed by atoms with E-state index in [0.717, 1.165) is 24.2 Å². The van der Waals surface area contributed by atoms with Gasteiger partial charge in [0.05, 0.1) is 6.21 Å². The molecule has 2 rings (SSSR count). The molecule has 25 heavy (non-hydrogen) atoms. The Balaban J connectivity index is 1.80. The highest BCUT2D eigenvalue weighted by Crippen LogP contribution is 2.14. The highest BCUT2D eigenvalue weighted by molar-refractivity contribution is 5.83. The lowest BCUT2D eigenvalue weighted by atomic mass is 10.2. The lowest BCUT2D eigenvalue weighted by Gasteiger charge is -2.20. The molecule has 0 radical (unpaired) electrons. The summed E-state index contributed by atoms with van der Waals surface area (Å²) in [7, 11) is 0. The summed E-state index contributed by atoms with van der Waals surface area (Å²) in [5, 5.41) is 3.97. The molecule has 132 valence electrons. The lowest BCUT2D eigenvalue weighted by molar-refractivity contribution is -0.123. The maximum atomic E-state index is 11.8. The fourth-order valence-corrected chi connectivity index (χ4v) is 2.43. The predicted molar refractivity (Wildman–Crippen MR) is 102 cm³/mol. The van der Waals surface area contributed by atoms with Crippen molar-refractivity contribution in [3.8, 4) is 5.75 Å². The molecule has 0 bridgehead atoms. The van der Waals surface area contributed by atoms with Crippen LogP contribution in [0.15, 0.2) is 53.6 Å². The van der Waals surface area contributed by atoms with Crippen molar-refractivity contribution in [1.29, 1.82) is 0 Å². The number of benzene rings is 2. The predicted octanol–water partition coefficient (Wildman–Crippen LogP) is 3.37. The summed E-state index contributed by atoms with van der Waals surface area (Å²) in [4.78, 5) is 14.0. The summed E-state index contributed by atoms with van der Waals surface area (Å²) in [6.45, 7) is 8.12. The van der Waals surface area contributed by atoms with Crippen LogP contribution in [0.1, 0.15) is 25.0 Å². The number of hydrogen-bond donors (Lipinski definition) is 1. The van der Waals surface area contributed by atoms with Gasteiger partial charge in [-0.15, -0.1) is 0 Å². The third-order valence-corrected chi connectivity index (χ3v) is 3.78. The molecular weight excluding hydrogens is 314 g/mol. The molecule has 0 fully saturated rings. The first-order valence-electron chi connectivity index (χ1n) is 8.48. The van der Waals surface area contributed by atoms with Crippen LogP contribution in [-0.2, 0) is 4.79 Å². The molecule has 0 spiro atoms. The van der Waals surface area contributed by atoms with Gasteiger partial charge >= 0.3 is 0 Å². The average Bonchev–Trinajstić information content (AvgIpc) is 2.62. The van der Waals surface area contributed by atoms with E-state index in [1.807, 2.05) is 43.3 Å². The van der Waals surface area contributed by atoms with Gasteiger partial charge in [-0.05, 0) is 56.2 Å². The second kappa shape index (κ2) is 9.47. The number of hydrazone groups is 1. The Hall–Kier alpha value is -2.82. The molecular formula is C20H25N3O2. The van der Waals surface area contributed by atoms with Crippen LogP contribution < -0.4 is 15.1 Å². The van der Waals surface area contributed by atoms with Crippen molar-refractivity contribution < 1.29 is 9.53 Å². The van der Waals surface area contributed by atoms with Gasteiger partial charge in [0.1, 0.15) is 5.75 Å². The van der Waals surface area contributed by atoms with E-state index >= 15 is 0 Å². The number of rotatable bonds is 8. The molecule has 1 N–H and O–H groups in total. The van der Waals surface area contributed by atoms with Crippen LogP contribution in [-0.4, -0.2) is 31.8 Å². The molecule has 0 aliphatic carbocycles. The number of carbonyl (C=O) groups excluding carboxylic acids is 1. The number of hydrogen-bond acceptors (Lipinski definition) is 4. The van der Waals surface area contributed by atoms with Crippen molar-refractivity contribution in [3.05, 3.63) is 59.7 Å². The zero-order valence-electron chi connectivity index (χ0n) is 15.0. The maximum absolute atomic E-state index is 11.8. The topological polar surface area (TPSA) is 53.9 Å². The second-order valence-corrected chi connectivity index (χ2v) is 5.66. The molecule has 5 heteroatoms. The van der Waals surface area contributed by atoms with E-state index in [1.54, 1.807) is 6.21 Å². The molecule has 5 nitrogen and oxygen atoms in total. The summed E-state index contributed by atoms with van der Waals surface area (Å²) in [6.07, 6.45) is 1.62. The minimum absolute atomic E-state index is 0.0678. The molecule has 0 aliphatic rings. The third kappa shape index (κ3) is 5.95. The lowest BCUT2D eigenvalue weighted by Crippen LogP contribution is -2.24. The molecule has 0 saturated heterocycles. The van der Waals surface area contributed by atoms with Gasteiger partial charge in [-0.25, -0.2) is 5.43 Å². The van der Waals surface area contributed by atoms with Crippen LogP contribution in [0.25, 0.3) is 0 Å². The van der Waals surface area contributed by atoms with E-state index < -0.39 is 0 Å². The van der Waals surface area contributed by atoms with Gasteiger partial charge in [-0.2, -0.15) is 5.10 Å². The van der Waals surface area contributed by atoms with Gasteiger partial charge < -0.3 is 9.64 Å². The summed E-state index contributed by atoms with van der Waals surface area (Å²) in [5.41, 5.74) is 5.66. The number of amides is 1. The van der Waals surface area contributed by atoms with Crippen LogP contribution in [0.5, 0.6) is 5.75 Å². The van der Waals surface area contributed by atoms with Gasteiger partial charge in [0, 0.05) is 18.8 Å². The van der Waals surface area contributed by atoms with Crippen molar-refractivity contribution in [2.75, 3.05) is 24.6 Å². The Morgan fingerprint density at radius 1 is 1.16 bits per heavy atom. The van der Waals surface area contributed by atoms with Crippen molar-refractivity contribution >= 4 is 17.8 Å². The number of carbonyl (C=O) groups is 1. The quantitative estimate of drug-likeness (QED) is 0.593. The minimum Gasteiger partial charge on any atom is -0.484 e. The van der Waals surface area contributed by atoms with Crippen molar-refractivity contribution in [2.45, 2.75) is 20.8 Å². The van der Waals surface area contributed by atoms with Crippen LogP contribution in [0, 0.1) is 6.92 Å². The molecule has 0 heterocycles. The normalized spacial score (nSPS) is 10.7. The highest BCUT2D eigenvalue weighted by Gasteiger charge is 2.02. The van der Waals surface area contributed by atoms with Crippen LogP contribution in [0.3, 0.4) is 0 Å². The second-order valence-electron chi connectivity index (χ2n) is 5.66. The number of nitrogens with zero attached hydrogens (tertiary/aromatic N) is 2. The largest absolute Gasteiger partial charge is 0.484 e. The Labute approximate surface area is 149 Å². The van der Waals surface area contributed by atoms with Crippen LogP contribution >= 0.6 is 0 Å². The van der Waals surface area contributed by atoms with Crippen molar-refractivity contribution in [3.63, 3.8) is 0 Å². The number of ether oxygens (including phenoxy) is 1. The Morgan fingerprint density at radius 3 is 2.52 bits per heavy atom. The zero-order chi connectivity index (χ0) is 18.1. The first-order chi connectivity index (χ1) is 12.1. The molecule has 0 saturated carbocycles. The van der Waals surface area contributed by atoms with E-state index in [1.165, 1.54) is 5.69 Å². The Morgan fingerprint density at radius 2 is 1.88 bits per heavy atom. The first kappa shape index (κ1) is 18.5. The van der Waals surface area contributed by atoms with E-state index in [2.05, 4.69) is 41.4 Å². The first-order valence-corrected chi connectivity index (χ1v) is 8.48. The average molecular weight is 339 g/mol. The number of anilines is 1. The van der Waals surface area contributed by atoms with Gasteiger partial charge in [0.25, 0.3) is 5.91 Å². The van der Waals surface area contributed by atoms with Gasteiger partial charge in [0.15, 0.2) is 6.61 Å². The van der Waals surface area contributed by atoms with E-state index in [-0.39, 0.29) is 12.5 Å². The fraction of sp³-hybridized carbons (Fsp3) is 0.300. The molecule has 0 aliphatic heterocycles. The molecule has 2 aromatic rings. The molecule has 1 amide bonds. The van der Waals surface area contributed by atoms with Crippen LogP contribution in [0.4, 0.5) is 5.69 Å². The van der Waals surface area contributed by atoms with Gasteiger partial charge in [0.2, 0.25) is 0 Å². The fourth-order valence-electron chi connectivity index (χ4n) is 2.43. The highest BCUT2D eigenvalue weighted by atomic mass is 16.5. The van der Waals surface area contributed by atoms with Gasteiger partial charge in [-0.3, -0.25) is 4.79 Å². The molecule has 0 atom stereocenters. The molecule has 2 aromatic carbocycles. The summed E-state index contributed by atoms with van der Waals surface area (Å²) >= 11 is 0. The SMILES string of the molecule is CCN(CC)c1ccc(C=NNC(=O)COc2cccc(C)c2)cc1. The summed E-state index contributed by atoms with van der Waals surface area (Å²) in [6, 6.07) is 15.6. The number of aryl methyl sites for hydroxylation is 1. The van der Waals surface area contributed by atoms with Crippen molar-refractivity contribution in [1.82, 2.24) is 5.43 Å². The summed E-state index contributed by atoms with van der Waals surface area (Å²) in [5.74, 6) is 0.378. The standard InChI is InChI=1S/C20H25N3O2/c1-4-23(5-2)18-11-9-17(10-12-18)14-21-22-20(24)15-25-19-8-6-7-16(3)13-19/h6-14H,4-5,15H2,1-3H3,(H,22,24). The monoisotopic (exact) mass is 339 g/mol. The van der Waals surface area contributed by atoms with E-state index in [0.29, 0.717) is 5.75 Å². The zero-order valence-corrected chi connectivity index (χ0v) is 15.0. The molecule has 0 aromatic heterocycles. The number of nitrogens with one attached hydrogen (secondary N) is 1. The maximum Gasteiger partial charge on any atom is 0.277 e. The third-order valence-electron chi connectivity index (χ3n) is 3.78. The van der Waals surface area contributed by atoms with E-state index in [4.69, 9.17) is 4.74 Å². The van der Waals surface area contributed by atoms with E-state index in [9.17, 15) is 4.79 Å². The van der Waals surface area contributed by atoms with Gasteiger partial charge in [-0.1, -0.05) is 24.3 Å². The summed E-state index contributed by atoms with van der Waals surface area (Å²) < 4.78 is 5.43. The Kier molecular flexibility index (Phi) is 7.01. The van der Waals surface area contributed by atoms with Crippen LogP contribution in [0.2, 0.25) is 0 Å². The minimum atomic E-state index is -0.294. The molecule has 0 unspecified atom stereocenters.